The fourth-order valence-corrected chi connectivity index (χ4v) is 4.03. The van der Waals surface area contributed by atoms with Gasteiger partial charge in [-0.15, -0.1) is 0 Å². The van der Waals surface area contributed by atoms with E-state index >= 15 is 0 Å². The summed E-state index contributed by atoms with van der Waals surface area (Å²) in [6.07, 6.45) is 3.19. The number of carbonyl (C=O) groups excluding carboxylic acids is 2. The second-order valence-electron chi connectivity index (χ2n) is 8.34. The maximum atomic E-state index is 12.4. The van der Waals surface area contributed by atoms with Crippen molar-refractivity contribution in [3.8, 4) is 0 Å². The summed E-state index contributed by atoms with van der Waals surface area (Å²) in [5.74, 6) is 0.633. The zero-order chi connectivity index (χ0) is 20.6. The van der Waals surface area contributed by atoms with Gasteiger partial charge in [0.05, 0.1) is 13.2 Å². The third-order valence-corrected chi connectivity index (χ3v) is 5.59. The van der Waals surface area contributed by atoms with Crippen LogP contribution in [-0.2, 0) is 4.74 Å². The summed E-state index contributed by atoms with van der Waals surface area (Å²) in [6.45, 7) is 10.0. The highest BCUT2D eigenvalue weighted by molar-refractivity contribution is 5.95. The van der Waals surface area contributed by atoms with Gasteiger partial charge in [-0.25, -0.2) is 4.79 Å². The molecule has 3 rings (SSSR count). The van der Waals surface area contributed by atoms with Crippen LogP contribution in [0.3, 0.4) is 0 Å². The van der Waals surface area contributed by atoms with E-state index in [4.69, 9.17) is 4.74 Å². The minimum atomic E-state index is -0.217. The molecular weight excluding hydrogens is 368 g/mol. The van der Waals surface area contributed by atoms with Crippen LogP contribution >= 0.6 is 0 Å². The summed E-state index contributed by atoms with van der Waals surface area (Å²) >= 11 is 0. The van der Waals surface area contributed by atoms with Crippen molar-refractivity contribution in [1.29, 1.82) is 0 Å². The number of nitrogens with one attached hydrogen (secondary N) is 2. The lowest BCUT2D eigenvalue weighted by molar-refractivity contribution is 0.0130. The number of urea groups is 1. The highest BCUT2D eigenvalue weighted by Gasteiger charge is 2.23. The lowest BCUT2D eigenvalue weighted by Crippen LogP contribution is -2.49. The van der Waals surface area contributed by atoms with E-state index in [1.807, 2.05) is 4.90 Å². The number of ether oxygens (including phenoxy) is 1. The molecule has 2 aliphatic heterocycles. The molecule has 0 unspecified atom stereocenters. The first-order valence-corrected chi connectivity index (χ1v) is 10.8. The van der Waals surface area contributed by atoms with E-state index in [1.165, 1.54) is 0 Å². The van der Waals surface area contributed by atoms with Crippen molar-refractivity contribution >= 4 is 17.6 Å². The molecule has 2 fully saturated rings. The Morgan fingerprint density at radius 1 is 1.03 bits per heavy atom. The zero-order valence-corrected chi connectivity index (χ0v) is 17.7. The maximum absolute atomic E-state index is 12.4. The first-order chi connectivity index (χ1) is 14.0. The van der Waals surface area contributed by atoms with Crippen LogP contribution in [-0.4, -0.2) is 73.7 Å². The van der Waals surface area contributed by atoms with Crippen LogP contribution < -0.4 is 10.6 Å². The molecule has 0 aromatic heterocycles. The van der Waals surface area contributed by atoms with Crippen molar-refractivity contribution in [2.75, 3.05) is 51.3 Å². The number of hydrogen-bond donors (Lipinski definition) is 2. The van der Waals surface area contributed by atoms with Crippen molar-refractivity contribution in [2.45, 2.75) is 39.2 Å². The van der Waals surface area contributed by atoms with E-state index in [2.05, 4.69) is 29.4 Å². The average Bonchev–Trinajstić information content (AvgIpc) is 3.26. The van der Waals surface area contributed by atoms with Gasteiger partial charge in [0.2, 0.25) is 0 Å². The quantitative estimate of drug-likeness (QED) is 0.736. The Kier molecular flexibility index (Phi) is 7.89. The minimum Gasteiger partial charge on any atom is -0.379 e. The maximum Gasteiger partial charge on any atom is 0.319 e. The molecule has 0 aliphatic carbocycles. The van der Waals surface area contributed by atoms with E-state index < -0.39 is 0 Å². The Hall–Kier alpha value is -2.12. The van der Waals surface area contributed by atoms with Gasteiger partial charge in [0.1, 0.15) is 0 Å². The van der Waals surface area contributed by atoms with Gasteiger partial charge in [0.25, 0.3) is 5.91 Å². The summed E-state index contributed by atoms with van der Waals surface area (Å²) in [5, 5.41) is 5.88. The number of nitrogens with zero attached hydrogens (tertiary/aromatic N) is 2. The van der Waals surface area contributed by atoms with Gasteiger partial charge in [-0.2, -0.15) is 0 Å². The largest absolute Gasteiger partial charge is 0.379 e. The van der Waals surface area contributed by atoms with Crippen LogP contribution in [0, 0.1) is 5.92 Å². The highest BCUT2D eigenvalue weighted by atomic mass is 16.5. The topological polar surface area (TPSA) is 73.9 Å². The van der Waals surface area contributed by atoms with Gasteiger partial charge >= 0.3 is 6.03 Å². The molecule has 0 spiro atoms. The number of rotatable bonds is 7. The molecule has 7 heteroatoms. The molecule has 0 radical (unpaired) electrons. The summed E-state index contributed by atoms with van der Waals surface area (Å²) in [7, 11) is 0. The SMILES string of the molecule is CC(C)C[C@@H](CNC(=O)Nc1ccc(C(=O)N2CCCC2)cc1)N1CCOCC1. The first-order valence-electron chi connectivity index (χ1n) is 10.8. The third kappa shape index (κ3) is 6.44. The van der Waals surface area contributed by atoms with E-state index in [-0.39, 0.29) is 11.9 Å². The molecule has 7 nitrogen and oxygen atoms in total. The molecule has 1 aromatic carbocycles. The Morgan fingerprint density at radius 2 is 1.69 bits per heavy atom. The molecule has 2 heterocycles. The molecule has 1 aromatic rings. The monoisotopic (exact) mass is 402 g/mol. The second kappa shape index (κ2) is 10.6. The Morgan fingerprint density at radius 3 is 2.31 bits per heavy atom. The smallest absolute Gasteiger partial charge is 0.319 e. The van der Waals surface area contributed by atoms with Crippen LogP contribution in [0.25, 0.3) is 0 Å². The number of likely N-dealkylation sites (tertiary alicyclic amines) is 1. The van der Waals surface area contributed by atoms with Crippen molar-refractivity contribution < 1.29 is 14.3 Å². The minimum absolute atomic E-state index is 0.0699. The fraction of sp³-hybridized carbons (Fsp3) is 0.636. The molecule has 2 aliphatic rings. The lowest BCUT2D eigenvalue weighted by Gasteiger charge is -2.35. The van der Waals surface area contributed by atoms with Crippen molar-refractivity contribution in [3.05, 3.63) is 29.8 Å². The van der Waals surface area contributed by atoms with Gasteiger partial charge in [0.15, 0.2) is 0 Å². The van der Waals surface area contributed by atoms with E-state index in [0.29, 0.717) is 29.8 Å². The Bertz CT molecular complexity index is 665. The van der Waals surface area contributed by atoms with E-state index in [0.717, 1.165) is 58.7 Å². The fourth-order valence-electron chi connectivity index (χ4n) is 4.03. The normalized spacial score (nSPS) is 18.7. The molecule has 0 saturated carbocycles. The molecule has 2 saturated heterocycles. The third-order valence-electron chi connectivity index (χ3n) is 5.59. The number of anilines is 1. The predicted molar refractivity (Wildman–Crippen MR) is 114 cm³/mol. The molecule has 0 bridgehead atoms. The highest BCUT2D eigenvalue weighted by Crippen LogP contribution is 2.16. The number of benzene rings is 1. The van der Waals surface area contributed by atoms with E-state index in [9.17, 15) is 9.59 Å². The van der Waals surface area contributed by atoms with Gasteiger partial charge in [0, 0.05) is 50.0 Å². The van der Waals surface area contributed by atoms with Crippen molar-refractivity contribution in [3.63, 3.8) is 0 Å². The lowest BCUT2D eigenvalue weighted by atomic mass is 10.0. The first kappa shape index (κ1) is 21.6. The summed E-state index contributed by atoms with van der Waals surface area (Å²) in [4.78, 5) is 29.1. The summed E-state index contributed by atoms with van der Waals surface area (Å²) in [5.41, 5.74) is 1.36. The van der Waals surface area contributed by atoms with Crippen molar-refractivity contribution in [2.24, 2.45) is 5.92 Å². The van der Waals surface area contributed by atoms with Crippen LogP contribution in [0.2, 0.25) is 0 Å². The van der Waals surface area contributed by atoms with Gasteiger partial charge < -0.3 is 20.3 Å². The van der Waals surface area contributed by atoms with Crippen LogP contribution in [0.15, 0.2) is 24.3 Å². The summed E-state index contributed by atoms with van der Waals surface area (Å²) < 4.78 is 5.45. The zero-order valence-electron chi connectivity index (χ0n) is 17.7. The molecule has 160 valence electrons. The van der Waals surface area contributed by atoms with Gasteiger partial charge in [-0.3, -0.25) is 9.69 Å². The van der Waals surface area contributed by atoms with Crippen LogP contribution in [0.1, 0.15) is 43.5 Å². The van der Waals surface area contributed by atoms with Crippen molar-refractivity contribution in [1.82, 2.24) is 15.1 Å². The molecule has 1 atom stereocenters. The standard InChI is InChI=1S/C22H34N4O3/c1-17(2)15-20(25-11-13-29-14-12-25)16-23-22(28)24-19-7-5-18(6-8-19)21(27)26-9-3-4-10-26/h5-8,17,20H,3-4,9-16H2,1-2H3,(H2,23,24,28)/t20-/m0/s1. The number of amides is 3. The summed E-state index contributed by atoms with van der Waals surface area (Å²) in [6, 6.07) is 7.24. The number of hydrogen-bond acceptors (Lipinski definition) is 4. The molecular formula is C22H34N4O3. The molecule has 29 heavy (non-hydrogen) atoms. The van der Waals surface area contributed by atoms with Gasteiger partial charge in [-0.1, -0.05) is 13.8 Å². The second-order valence-corrected chi connectivity index (χ2v) is 8.34. The molecule has 2 N–H and O–H groups in total. The Balaban J connectivity index is 1.49. The number of carbonyl (C=O) groups is 2. The van der Waals surface area contributed by atoms with Crippen LogP contribution in [0.4, 0.5) is 10.5 Å². The van der Waals surface area contributed by atoms with Crippen LogP contribution in [0.5, 0.6) is 0 Å². The Labute approximate surface area is 173 Å². The number of morpholine rings is 1. The van der Waals surface area contributed by atoms with E-state index in [1.54, 1.807) is 24.3 Å². The average molecular weight is 403 g/mol. The van der Waals surface area contributed by atoms with Gasteiger partial charge in [-0.05, 0) is 49.4 Å². The molecule has 3 amide bonds. The predicted octanol–water partition coefficient (Wildman–Crippen LogP) is 2.79.